The Morgan fingerprint density at radius 1 is 1.71 bits per heavy atom. The van der Waals surface area contributed by atoms with Gasteiger partial charge in [-0.2, -0.15) is 12.6 Å². The fourth-order valence-electron chi connectivity index (χ4n) is 1.02. The number of thiol groups is 1. The van der Waals surface area contributed by atoms with Crippen LogP contribution >= 0.6 is 12.6 Å². The van der Waals surface area contributed by atoms with Gasteiger partial charge in [-0.25, -0.2) is 0 Å². The molecule has 1 N–H and O–H groups in total. The zero-order valence-corrected chi connectivity index (χ0v) is 9.00. The zero-order chi connectivity index (χ0) is 10.4. The van der Waals surface area contributed by atoms with Crippen molar-refractivity contribution >= 4 is 18.5 Å². The van der Waals surface area contributed by atoms with Crippen LogP contribution in [0.25, 0.3) is 0 Å². The van der Waals surface area contributed by atoms with E-state index in [1.165, 1.54) is 0 Å². The number of hydrogen-bond donors (Lipinski definition) is 2. The lowest BCUT2D eigenvalue weighted by Crippen LogP contribution is -2.31. The molecule has 0 radical (unpaired) electrons. The molecule has 14 heavy (non-hydrogen) atoms. The topological polar surface area (TPSA) is 42.0 Å². The summed E-state index contributed by atoms with van der Waals surface area (Å²) in [5.74, 6) is -0.0303. The van der Waals surface area contributed by atoms with E-state index in [9.17, 15) is 4.79 Å². The summed E-state index contributed by atoms with van der Waals surface area (Å²) in [6.45, 7) is 2.39. The minimum absolute atomic E-state index is 0.0303. The van der Waals surface area contributed by atoms with E-state index in [2.05, 4.69) is 22.9 Å². The number of amides is 1. The molecule has 0 spiro atoms. The van der Waals surface area contributed by atoms with Gasteiger partial charge >= 0.3 is 0 Å². The number of hydrogen-bond acceptors (Lipinski definition) is 3. The van der Waals surface area contributed by atoms with Crippen molar-refractivity contribution in [1.29, 1.82) is 0 Å². The van der Waals surface area contributed by atoms with Crippen molar-refractivity contribution in [3.63, 3.8) is 0 Å². The van der Waals surface area contributed by atoms with Gasteiger partial charge in [0.2, 0.25) is 5.91 Å². The second kappa shape index (κ2) is 5.65. The molecule has 0 bridgehead atoms. The quantitative estimate of drug-likeness (QED) is 0.730. The van der Waals surface area contributed by atoms with Crippen LogP contribution < -0.4 is 5.32 Å². The summed E-state index contributed by atoms with van der Waals surface area (Å²) < 4.78 is 0. The van der Waals surface area contributed by atoms with Crippen LogP contribution in [-0.4, -0.2) is 22.7 Å². The summed E-state index contributed by atoms with van der Waals surface area (Å²) in [6, 6.07) is 3.88. The fourth-order valence-corrected chi connectivity index (χ4v) is 1.12. The molecular weight excluding hydrogens is 196 g/mol. The number of nitrogens with one attached hydrogen (secondary N) is 1. The number of rotatable bonds is 4. The summed E-state index contributed by atoms with van der Waals surface area (Å²) in [4.78, 5) is 15.1. The molecule has 1 amide bonds. The number of carbonyl (C=O) groups is 1. The molecule has 1 unspecified atom stereocenters. The summed E-state index contributed by atoms with van der Waals surface area (Å²) >= 11 is 4.03. The SMILES string of the molecule is CC(S)C(=O)NCCc1cccnc1. The summed E-state index contributed by atoms with van der Waals surface area (Å²) in [6.07, 6.45) is 4.34. The van der Waals surface area contributed by atoms with Crippen molar-refractivity contribution in [2.45, 2.75) is 18.6 Å². The Morgan fingerprint density at radius 2 is 2.50 bits per heavy atom. The van der Waals surface area contributed by atoms with Crippen molar-refractivity contribution in [2.24, 2.45) is 0 Å². The number of carbonyl (C=O) groups excluding carboxylic acids is 1. The summed E-state index contributed by atoms with van der Waals surface area (Å²) in [5, 5.41) is 2.54. The van der Waals surface area contributed by atoms with Crippen molar-refractivity contribution < 1.29 is 4.79 Å². The smallest absolute Gasteiger partial charge is 0.232 e. The second-order valence-corrected chi connectivity index (χ2v) is 3.85. The predicted octanol–water partition coefficient (Wildman–Crippen LogP) is 1.06. The Bertz CT molecular complexity index is 287. The van der Waals surface area contributed by atoms with Crippen LogP contribution in [0.4, 0.5) is 0 Å². The molecule has 0 aliphatic heterocycles. The first-order valence-corrected chi connectivity index (χ1v) is 5.06. The number of aromatic nitrogens is 1. The molecule has 1 heterocycles. The Kier molecular flexibility index (Phi) is 4.46. The average Bonchev–Trinajstić information content (AvgIpc) is 2.19. The lowest BCUT2D eigenvalue weighted by atomic mass is 10.2. The normalized spacial score (nSPS) is 12.1. The molecule has 0 fully saturated rings. The molecule has 4 heteroatoms. The molecule has 76 valence electrons. The van der Waals surface area contributed by atoms with Crippen molar-refractivity contribution in [3.05, 3.63) is 30.1 Å². The van der Waals surface area contributed by atoms with E-state index in [1.54, 1.807) is 19.3 Å². The highest BCUT2D eigenvalue weighted by atomic mass is 32.1. The summed E-state index contributed by atoms with van der Waals surface area (Å²) in [5.41, 5.74) is 1.12. The third kappa shape index (κ3) is 3.79. The lowest BCUT2D eigenvalue weighted by molar-refractivity contribution is -0.120. The van der Waals surface area contributed by atoms with Gasteiger partial charge in [-0.05, 0) is 25.0 Å². The van der Waals surface area contributed by atoms with E-state index >= 15 is 0 Å². The average molecular weight is 210 g/mol. The van der Waals surface area contributed by atoms with Gasteiger partial charge in [0.15, 0.2) is 0 Å². The first kappa shape index (κ1) is 11.0. The highest BCUT2D eigenvalue weighted by Gasteiger charge is 2.05. The van der Waals surface area contributed by atoms with Crippen LogP contribution in [0.15, 0.2) is 24.5 Å². The highest BCUT2D eigenvalue weighted by Crippen LogP contribution is 1.96. The highest BCUT2D eigenvalue weighted by molar-refractivity contribution is 7.81. The molecule has 1 aromatic heterocycles. The molecule has 1 rings (SSSR count). The molecule has 0 saturated heterocycles. The largest absolute Gasteiger partial charge is 0.355 e. The zero-order valence-electron chi connectivity index (χ0n) is 8.10. The second-order valence-electron chi connectivity index (χ2n) is 3.08. The van der Waals surface area contributed by atoms with Crippen LogP contribution in [-0.2, 0) is 11.2 Å². The molecule has 0 aliphatic carbocycles. The van der Waals surface area contributed by atoms with Gasteiger partial charge in [0.25, 0.3) is 0 Å². The first-order chi connectivity index (χ1) is 6.70. The first-order valence-electron chi connectivity index (χ1n) is 4.55. The minimum atomic E-state index is -0.246. The minimum Gasteiger partial charge on any atom is -0.355 e. The van der Waals surface area contributed by atoms with Crippen LogP contribution in [0, 0.1) is 0 Å². The van der Waals surface area contributed by atoms with Crippen LogP contribution in [0.1, 0.15) is 12.5 Å². The van der Waals surface area contributed by atoms with Gasteiger partial charge in [0.1, 0.15) is 0 Å². The Morgan fingerprint density at radius 3 is 3.07 bits per heavy atom. The Labute approximate surface area is 89.3 Å². The summed E-state index contributed by atoms with van der Waals surface area (Å²) in [7, 11) is 0. The van der Waals surface area contributed by atoms with E-state index < -0.39 is 0 Å². The fraction of sp³-hybridized carbons (Fsp3) is 0.400. The van der Waals surface area contributed by atoms with Gasteiger partial charge in [-0.15, -0.1) is 0 Å². The van der Waals surface area contributed by atoms with Crippen molar-refractivity contribution in [3.8, 4) is 0 Å². The van der Waals surface area contributed by atoms with Gasteiger partial charge in [0, 0.05) is 18.9 Å². The third-order valence-electron chi connectivity index (χ3n) is 1.82. The lowest BCUT2D eigenvalue weighted by Gasteiger charge is -2.06. The van der Waals surface area contributed by atoms with Crippen LogP contribution in [0.2, 0.25) is 0 Å². The van der Waals surface area contributed by atoms with Gasteiger partial charge in [-0.1, -0.05) is 6.07 Å². The van der Waals surface area contributed by atoms with Gasteiger partial charge in [0.05, 0.1) is 5.25 Å². The molecule has 1 atom stereocenters. The predicted molar refractivity (Wildman–Crippen MR) is 59.4 cm³/mol. The third-order valence-corrected chi connectivity index (χ3v) is 2.05. The monoisotopic (exact) mass is 210 g/mol. The van der Waals surface area contributed by atoms with E-state index in [0.717, 1.165) is 12.0 Å². The molecule has 3 nitrogen and oxygen atoms in total. The maximum Gasteiger partial charge on any atom is 0.232 e. The van der Waals surface area contributed by atoms with Crippen LogP contribution in [0.3, 0.4) is 0 Å². The molecular formula is C10H14N2OS. The van der Waals surface area contributed by atoms with Gasteiger partial charge < -0.3 is 5.32 Å². The van der Waals surface area contributed by atoms with E-state index in [0.29, 0.717) is 6.54 Å². The molecule has 1 aromatic rings. The van der Waals surface area contributed by atoms with Crippen molar-refractivity contribution in [1.82, 2.24) is 10.3 Å². The Hall–Kier alpha value is -1.03. The van der Waals surface area contributed by atoms with Crippen LogP contribution in [0.5, 0.6) is 0 Å². The molecule has 0 saturated carbocycles. The molecule has 0 aromatic carbocycles. The maximum absolute atomic E-state index is 11.1. The van der Waals surface area contributed by atoms with Gasteiger partial charge in [-0.3, -0.25) is 9.78 Å². The van der Waals surface area contributed by atoms with Crippen molar-refractivity contribution in [2.75, 3.05) is 6.54 Å². The maximum atomic E-state index is 11.1. The van der Waals surface area contributed by atoms with E-state index in [4.69, 9.17) is 0 Å². The Balaban J connectivity index is 2.26. The van der Waals surface area contributed by atoms with E-state index in [-0.39, 0.29) is 11.2 Å². The number of pyridine rings is 1. The van der Waals surface area contributed by atoms with E-state index in [1.807, 2.05) is 12.1 Å². The number of nitrogens with zero attached hydrogens (tertiary/aromatic N) is 1. The molecule has 0 aliphatic rings. The standard InChI is InChI=1S/C10H14N2OS/c1-8(14)10(13)12-6-4-9-3-2-5-11-7-9/h2-3,5,7-8,14H,4,6H2,1H3,(H,12,13).